The molecule has 222 valence electrons. The lowest BCUT2D eigenvalue weighted by Crippen LogP contribution is -2.37. The van der Waals surface area contributed by atoms with Gasteiger partial charge in [-0.15, -0.1) is 0 Å². The predicted molar refractivity (Wildman–Crippen MR) is 154 cm³/mol. The molecule has 3 aromatic rings. The molecule has 0 saturated heterocycles. The van der Waals surface area contributed by atoms with E-state index < -0.39 is 23.5 Å². The number of fused-ring (bicyclic) bond motifs is 1. The van der Waals surface area contributed by atoms with Crippen LogP contribution in [0.4, 0.5) is 20.2 Å². The molecule has 1 saturated carbocycles. The molecule has 42 heavy (non-hydrogen) atoms. The second kappa shape index (κ2) is 11.7. The number of rotatable bonds is 12. The van der Waals surface area contributed by atoms with Gasteiger partial charge in [-0.25, -0.2) is 0 Å². The topological polar surface area (TPSA) is 97.3 Å². The molecule has 2 aliphatic rings. The zero-order chi connectivity index (χ0) is 30.1. The summed E-state index contributed by atoms with van der Waals surface area (Å²) in [7, 11) is 1.51. The third kappa shape index (κ3) is 6.70. The van der Waals surface area contributed by atoms with E-state index in [-0.39, 0.29) is 18.3 Å². The summed E-state index contributed by atoms with van der Waals surface area (Å²) in [5.74, 6) is -0.227. The van der Waals surface area contributed by atoms with Crippen LogP contribution < -0.4 is 24.4 Å². The standard InChI is InChI=1S/C31H31ClF2N2O6/c1-30(33,34)42-23-8-5-19-9-13-36(26(19)18-23)28(37)27(20-3-6-21(32)7-4-20)35-22-15-24(40-2)17-25(16-22)41-14-12-31(10-11-31)29(38)39/h3-8,15-18,27,35H,9-14H2,1-2H3,(H,38,39). The minimum absolute atomic E-state index is 0.0394. The first-order valence-electron chi connectivity index (χ1n) is 13.5. The van der Waals surface area contributed by atoms with Crippen molar-refractivity contribution in [2.45, 2.75) is 44.8 Å². The number of carboxylic acid groups (broad SMARTS) is 1. The zero-order valence-corrected chi connectivity index (χ0v) is 23.9. The lowest BCUT2D eigenvalue weighted by molar-refractivity contribution is -0.159. The maximum absolute atomic E-state index is 14.1. The third-order valence-corrected chi connectivity index (χ3v) is 7.80. The number of nitrogens with zero attached hydrogens (tertiary/aromatic N) is 1. The van der Waals surface area contributed by atoms with Gasteiger partial charge in [-0.2, -0.15) is 8.78 Å². The molecule has 0 aromatic heterocycles. The fourth-order valence-corrected chi connectivity index (χ4v) is 5.19. The minimum Gasteiger partial charge on any atom is -0.497 e. The SMILES string of the molecule is COc1cc(NC(C(=O)N2CCc3ccc(OC(C)(F)F)cc32)c2ccc(Cl)cc2)cc(OCCC2(C(=O)O)CC2)c1. The number of ether oxygens (including phenoxy) is 3. The highest BCUT2D eigenvalue weighted by Gasteiger charge is 2.49. The highest BCUT2D eigenvalue weighted by atomic mass is 35.5. The molecule has 1 aliphatic carbocycles. The summed E-state index contributed by atoms with van der Waals surface area (Å²) >= 11 is 6.12. The normalized spacial score (nSPS) is 15.9. The number of methoxy groups -OCH3 is 1. The van der Waals surface area contributed by atoms with Crippen LogP contribution in [0.2, 0.25) is 5.02 Å². The van der Waals surface area contributed by atoms with E-state index in [9.17, 15) is 23.5 Å². The predicted octanol–water partition coefficient (Wildman–Crippen LogP) is 6.72. The van der Waals surface area contributed by atoms with E-state index in [1.54, 1.807) is 53.4 Å². The van der Waals surface area contributed by atoms with Gasteiger partial charge in [-0.3, -0.25) is 9.59 Å². The summed E-state index contributed by atoms with van der Waals surface area (Å²) in [5.41, 5.74) is 1.80. The van der Waals surface area contributed by atoms with E-state index in [4.69, 9.17) is 25.8 Å². The Labute approximate surface area is 247 Å². The van der Waals surface area contributed by atoms with Gasteiger partial charge in [0.15, 0.2) is 0 Å². The van der Waals surface area contributed by atoms with E-state index >= 15 is 0 Å². The lowest BCUT2D eigenvalue weighted by Gasteiger charge is -2.27. The van der Waals surface area contributed by atoms with Crippen LogP contribution in [0.1, 0.15) is 43.4 Å². The van der Waals surface area contributed by atoms with Gasteiger partial charge in [0.05, 0.1) is 24.8 Å². The molecule has 1 heterocycles. The Balaban J connectivity index is 1.41. The Kier molecular flexibility index (Phi) is 8.19. The Morgan fingerprint density at radius 3 is 2.43 bits per heavy atom. The molecular formula is C31H31ClF2N2O6. The van der Waals surface area contributed by atoms with Crippen molar-refractivity contribution in [1.82, 2.24) is 0 Å². The second-order valence-corrected chi connectivity index (χ2v) is 11.1. The number of aliphatic carboxylic acids is 1. The van der Waals surface area contributed by atoms with Crippen molar-refractivity contribution in [1.29, 1.82) is 0 Å². The first-order valence-corrected chi connectivity index (χ1v) is 13.9. The Hall–Kier alpha value is -4.05. The van der Waals surface area contributed by atoms with Crippen LogP contribution in [0.3, 0.4) is 0 Å². The first-order chi connectivity index (χ1) is 20.0. The summed E-state index contributed by atoms with van der Waals surface area (Å²) in [6, 6.07) is 15.7. The number of amides is 1. The highest BCUT2D eigenvalue weighted by molar-refractivity contribution is 6.30. The Morgan fingerprint density at radius 2 is 1.79 bits per heavy atom. The largest absolute Gasteiger partial charge is 0.497 e. The zero-order valence-electron chi connectivity index (χ0n) is 23.2. The molecular weight excluding hydrogens is 570 g/mol. The summed E-state index contributed by atoms with van der Waals surface area (Å²) in [6.45, 7) is 1.24. The van der Waals surface area contributed by atoms with Gasteiger partial charge in [0.2, 0.25) is 0 Å². The number of carbonyl (C=O) groups excluding carboxylic acids is 1. The molecule has 3 aromatic carbocycles. The van der Waals surface area contributed by atoms with Crippen LogP contribution in [0.25, 0.3) is 0 Å². The van der Waals surface area contributed by atoms with E-state index in [0.717, 1.165) is 5.56 Å². The van der Waals surface area contributed by atoms with Crippen LogP contribution in [0.5, 0.6) is 17.2 Å². The lowest BCUT2D eigenvalue weighted by atomic mass is 10.0. The van der Waals surface area contributed by atoms with Crippen LogP contribution in [-0.4, -0.2) is 43.4 Å². The molecule has 8 nitrogen and oxygen atoms in total. The summed E-state index contributed by atoms with van der Waals surface area (Å²) in [4.78, 5) is 27.2. The van der Waals surface area contributed by atoms with Crippen molar-refractivity contribution in [3.8, 4) is 17.2 Å². The van der Waals surface area contributed by atoms with E-state index in [1.807, 2.05) is 0 Å². The molecule has 1 atom stereocenters. The maximum atomic E-state index is 14.1. The summed E-state index contributed by atoms with van der Waals surface area (Å²) < 4.78 is 43.2. The summed E-state index contributed by atoms with van der Waals surface area (Å²) in [5, 5.41) is 13.2. The van der Waals surface area contributed by atoms with Crippen molar-refractivity contribution in [3.63, 3.8) is 0 Å². The molecule has 11 heteroatoms. The van der Waals surface area contributed by atoms with Gasteiger partial charge < -0.3 is 29.5 Å². The smallest absolute Gasteiger partial charge is 0.394 e. The molecule has 1 fully saturated rings. The van der Waals surface area contributed by atoms with Gasteiger partial charge in [-0.1, -0.05) is 29.8 Å². The molecule has 5 rings (SSSR count). The fourth-order valence-electron chi connectivity index (χ4n) is 5.07. The van der Waals surface area contributed by atoms with Crippen molar-refractivity contribution in [2.24, 2.45) is 5.41 Å². The number of carboxylic acids is 1. The van der Waals surface area contributed by atoms with Crippen molar-refractivity contribution in [2.75, 3.05) is 30.5 Å². The molecule has 0 bridgehead atoms. The molecule has 0 spiro atoms. The maximum Gasteiger partial charge on any atom is 0.394 e. The first kappa shape index (κ1) is 29.4. The van der Waals surface area contributed by atoms with E-state index in [2.05, 4.69) is 5.32 Å². The molecule has 1 aliphatic heterocycles. The van der Waals surface area contributed by atoms with Crippen molar-refractivity contribution >= 4 is 34.9 Å². The Bertz CT molecular complexity index is 1470. The van der Waals surface area contributed by atoms with E-state index in [0.29, 0.717) is 72.6 Å². The number of benzene rings is 3. The average Bonchev–Trinajstić information content (AvgIpc) is 3.62. The van der Waals surface area contributed by atoms with Crippen LogP contribution in [0, 0.1) is 5.41 Å². The fraction of sp³-hybridized carbons (Fsp3) is 0.355. The van der Waals surface area contributed by atoms with Crippen molar-refractivity contribution in [3.05, 3.63) is 76.8 Å². The average molecular weight is 601 g/mol. The molecule has 1 unspecified atom stereocenters. The Morgan fingerprint density at radius 1 is 1.07 bits per heavy atom. The van der Waals surface area contributed by atoms with Crippen LogP contribution in [-0.2, 0) is 16.0 Å². The van der Waals surface area contributed by atoms with Gasteiger partial charge in [-0.05, 0) is 55.0 Å². The minimum atomic E-state index is -3.37. The number of hydrogen-bond acceptors (Lipinski definition) is 6. The van der Waals surface area contributed by atoms with Crippen molar-refractivity contribution < 1.29 is 37.7 Å². The number of halogens is 3. The van der Waals surface area contributed by atoms with Gasteiger partial charge in [0.25, 0.3) is 5.91 Å². The van der Waals surface area contributed by atoms with Crippen LogP contribution >= 0.6 is 11.6 Å². The van der Waals surface area contributed by atoms with Gasteiger partial charge in [0.1, 0.15) is 23.3 Å². The number of hydrogen-bond donors (Lipinski definition) is 2. The molecule has 0 radical (unpaired) electrons. The second-order valence-electron chi connectivity index (χ2n) is 10.7. The van der Waals surface area contributed by atoms with Gasteiger partial charge >= 0.3 is 12.1 Å². The number of anilines is 2. The molecule has 2 N–H and O–H groups in total. The van der Waals surface area contributed by atoms with E-state index in [1.165, 1.54) is 19.2 Å². The number of alkyl halides is 2. The monoisotopic (exact) mass is 600 g/mol. The summed E-state index contributed by atoms with van der Waals surface area (Å²) in [6.07, 6.45) is -1.15. The van der Waals surface area contributed by atoms with Crippen LogP contribution in [0.15, 0.2) is 60.7 Å². The quantitative estimate of drug-likeness (QED) is 0.238. The number of carbonyl (C=O) groups is 2. The molecule has 1 amide bonds. The third-order valence-electron chi connectivity index (χ3n) is 7.55. The highest BCUT2D eigenvalue weighted by Crippen LogP contribution is 2.49. The number of nitrogens with one attached hydrogen (secondary N) is 1. The van der Waals surface area contributed by atoms with Gasteiger partial charge in [0, 0.05) is 48.4 Å².